The highest BCUT2D eigenvalue weighted by atomic mass is 16.2. The van der Waals surface area contributed by atoms with Gasteiger partial charge in [0, 0.05) is 38.6 Å². The number of hydrogen-bond acceptors (Lipinski definition) is 5. The van der Waals surface area contributed by atoms with E-state index in [1.165, 1.54) is 5.56 Å². The number of nitrogens with zero attached hydrogens (tertiary/aromatic N) is 5. The molecule has 2 saturated heterocycles. The van der Waals surface area contributed by atoms with E-state index in [4.69, 9.17) is 0 Å². The number of amides is 2. The Morgan fingerprint density at radius 1 is 0.946 bits per heavy atom. The van der Waals surface area contributed by atoms with E-state index >= 15 is 0 Å². The second-order valence-corrected chi connectivity index (χ2v) is 10.4. The zero-order valence-corrected chi connectivity index (χ0v) is 21.7. The van der Waals surface area contributed by atoms with Crippen LogP contribution in [0.1, 0.15) is 59.0 Å². The molecule has 2 aliphatic rings. The summed E-state index contributed by atoms with van der Waals surface area (Å²) in [5.41, 5.74) is 2.33. The number of carbonyl (C=O) groups excluding carboxylic acids is 2. The van der Waals surface area contributed by atoms with E-state index in [1.807, 2.05) is 72.3 Å². The minimum atomic E-state index is -0.396. The van der Waals surface area contributed by atoms with E-state index < -0.39 is 6.04 Å². The number of aryl methyl sites for hydroxylation is 1. The van der Waals surface area contributed by atoms with Crippen molar-refractivity contribution >= 4 is 11.8 Å². The van der Waals surface area contributed by atoms with Crippen LogP contribution in [0.25, 0.3) is 0 Å². The average Bonchev–Trinajstić information content (AvgIpc) is 3.32. The molecule has 2 aliphatic heterocycles. The Kier molecular flexibility index (Phi) is 7.33. The minimum Gasteiger partial charge on any atom is -0.339 e. The monoisotopic (exact) mass is 497 g/mol. The number of likely N-dealkylation sites (N-methyl/N-ethyl adjacent to an activating group) is 1. The quantitative estimate of drug-likeness (QED) is 0.509. The molecule has 0 unspecified atom stereocenters. The first-order valence-electron chi connectivity index (χ1n) is 13.2. The third-order valence-electron chi connectivity index (χ3n) is 7.80. The second kappa shape index (κ2) is 10.8. The van der Waals surface area contributed by atoms with Crippen molar-refractivity contribution in [2.75, 3.05) is 26.7 Å². The smallest absolute Gasteiger partial charge is 0.257 e. The number of benzene rings is 2. The van der Waals surface area contributed by atoms with E-state index in [0.29, 0.717) is 37.6 Å². The Labute approximate surface area is 219 Å². The van der Waals surface area contributed by atoms with Crippen LogP contribution in [-0.2, 0) is 11.3 Å². The van der Waals surface area contributed by atoms with Gasteiger partial charge in [-0.1, -0.05) is 60.7 Å². The van der Waals surface area contributed by atoms with Gasteiger partial charge in [0.1, 0.15) is 11.9 Å². The van der Waals surface area contributed by atoms with Gasteiger partial charge in [-0.25, -0.2) is 9.97 Å². The van der Waals surface area contributed by atoms with Gasteiger partial charge in [0.25, 0.3) is 5.91 Å². The predicted octanol–water partition coefficient (Wildman–Crippen LogP) is 4.26. The van der Waals surface area contributed by atoms with Gasteiger partial charge in [0.05, 0.1) is 11.1 Å². The summed E-state index contributed by atoms with van der Waals surface area (Å²) in [6.45, 7) is 4.45. The van der Waals surface area contributed by atoms with Crippen LogP contribution >= 0.6 is 0 Å². The Morgan fingerprint density at radius 2 is 1.57 bits per heavy atom. The fourth-order valence-corrected chi connectivity index (χ4v) is 6.00. The van der Waals surface area contributed by atoms with E-state index in [1.54, 1.807) is 12.4 Å². The van der Waals surface area contributed by atoms with Gasteiger partial charge in [-0.3, -0.25) is 14.5 Å². The molecule has 0 aliphatic carbocycles. The van der Waals surface area contributed by atoms with Gasteiger partial charge in [-0.05, 0) is 50.8 Å². The highest BCUT2D eigenvalue weighted by Crippen LogP contribution is 2.39. The molecule has 2 atom stereocenters. The van der Waals surface area contributed by atoms with Crippen molar-refractivity contribution in [1.29, 1.82) is 0 Å². The normalized spacial score (nSPS) is 20.4. The Morgan fingerprint density at radius 3 is 2.24 bits per heavy atom. The molecule has 0 saturated carbocycles. The molecule has 5 rings (SSSR count). The Balaban J connectivity index is 1.39. The fraction of sp³-hybridized carbons (Fsp3) is 0.400. The van der Waals surface area contributed by atoms with Gasteiger partial charge in [0.2, 0.25) is 5.91 Å². The summed E-state index contributed by atoms with van der Waals surface area (Å²) in [6, 6.07) is 19.9. The van der Waals surface area contributed by atoms with E-state index in [2.05, 4.69) is 27.0 Å². The molecule has 1 spiro atoms. The SMILES string of the molecule is Cc1ncc(C(=O)N2CCC[C@]23CCCN(C(=O)[C@@H](c2ccccc2)N(C)Cc2ccccc2)C3)cn1. The topological polar surface area (TPSA) is 69.6 Å². The molecule has 2 fully saturated rings. The third kappa shape index (κ3) is 5.27. The molecule has 2 amide bonds. The van der Waals surface area contributed by atoms with Crippen molar-refractivity contribution in [3.05, 3.63) is 95.6 Å². The van der Waals surface area contributed by atoms with Gasteiger partial charge >= 0.3 is 0 Å². The first kappa shape index (κ1) is 25.1. The molecule has 0 N–H and O–H groups in total. The van der Waals surface area contributed by atoms with Crippen molar-refractivity contribution in [3.63, 3.8) is 0 Å². The number of rotatable bonds is 6. The number of likely N-dealkylation sites (tertiary alicyclic amines) is 2. The molecule has 7 heteroatoms. The van der Waals surface area contributed by atoms with Crippen molar-refractivity contribution in [1.82, 2.24) is 24.7 Å². The molecule has 0 bridgehead atoms. The molecule has 3 aromatic rings. The van der Waals surface area contributed by atoms with Crippen molar-refractivity contribution in [2.45, 2.75) is 50.7 Å². The molecule has 1 aromatic heterocycles. The highest BCUT2D eigenvalue weighted by molar-refractivity contribution is 5.94. The molecular weight excluding hydrogens is 462 g/mol. The maximum Gasteiger partial charge on any atom is 0.257 e. The van der Waals surface area contributed by atoms with Crippen LogP contribution in [0.4, 0.5) is 0 Å². The lowest BCUT2D eigenvalue weighted by Crippen LogP contribution is -2.59. The predicted molar refractivity (Wildman–Crippen MR) is 143 cm³/mol. The standard InChI is InChI=1S/C30H35N5O2/c1-23-31-19-26(20-32-23)28(36)35-18-10-16-30(35)15-9-17-34(22-30)29(37)27(25-13-7-4-8-14-25)33(2)21-24-11-5-3-6-12-24/h3-8,11-14,19-20,27H,9-10,15-18,21-22H2,1-2H3/t27-,30+/m1/s1. The largest absolute Gasteiger partial charge is 0.339 e. The molecule has 2 aromatic carbocycles. The van der Waals surface area contributed by atoms with Crippen LogP contribution in [0.15, 0.2) is 73.1 Å². The Bertz CT molecular complexity index is 1220. The lowest BCUT2D eigenvalue weighted by Gasteiger charge is -2.47. The fourth-order valence-electron chi connectivity index (χ4n) is 6.00. The van der Waals surface area contributed by atoms with Gasteiger partial charge in [-0.2, -0.15) is 0 Å². The van der Waals surface area contributed by atoms with Gasteiger partial charge < -0.3 is 9.80 Å². The first-order valence-corrected chi connectivity index (χ1v) is 13.2. The van der Waals surface area contributed by atoms with Crippen LogP contribution in [0.2, 0.25) is 0 Å². The maximum atomic E-state index is 14.2. The van der Waals surface area contributed by atoms with Crippen LogP contribution < -0.4 is 0 Å². The van der Waals surface area contributed by atoms with E-state index in [9.17, 15) is 9.59 Å². The van der Waals surface area contributed by atoms with Gasteiger partial charge in [-0.15, -0.1) is 0 Å². The summed E-state index contributed by atoms with van der Waals surface area (Å²) in [6.07, 6.45) is 6.87. The second-order valence-electron chi connectivity index (χ2n) is 10.4. The third-order valence-corrected chi connectivity index (χ3v) is 7.80. The van der Waals surface area contributed by atoms with Crippen molar-refractivity contribution < 1.29 is 9.59 Å². The first-order chi connectivity index (χ1) is 18.0. The zero-order chi connectivity index (χ0) is 25.8. The molecule has 37 heavy (non-hydrogen) atoms. The molecule has 0 radical (unpaired) electrons. The number of carbonyl (C=O) groups is 2. The highest BCUT2D eigenvalue weighted by Gasteiger charge is 2.48. The number of hydrogen-bond donors (Lipinski definition) is 0. The number of piperidine rings is 1. The van der Waals surface area contributed by atoms with Crippen LogP contribution in [0.3, 0.4) is 0 Å². The zero-order valence-electron chi connectivity index (χ0n) is 21.7. The lowest BCUT2D eigenvalue weighted by atomic mass is 9.85. The summed E-state index contributed by atoms with van der Waals surface area (Å²) < 4.78 is 0. The number of aromatic nitrogens is 2. The summed E-state index contributed by atoms with van der Waals surface area (Å²) in [5, 5.41) is 0. The van der Waals surface area contributed by atoms with Crippen molar-refractivity contribution in [2.24, 2.45) is 0 Å². The molecule has 3 heterocycles. The lowest BCUT2D eigenvalue weighted by molar-refractivity contribution is -0.140. The van der Waals surface area contributed by atoms with E-state index in [0.717, 1.165) is 31.2 Å². The summed E-state index contributed by atoms with van der Waals surface area (Å²) in [7, 11) is 2.02. The molecule has 192 valence electrons. The Hall–Kier alpha value is -3.58. The van der Waals surface area contributed by atoms with Crippen LogP contribution in [-0.4, -0.2) is 68.7 Å². The average molecular weight is 498 g/mol. The molecular formula is C30H35N5O2. The van der Waals surface area contributed by atoms with Crippen LogP contribution in [0.5, 0.6) is 0 Å². The summed E-state index contributed by atoms with van der Waals surface area (Å²) in [5.74, 6) is 0.711. The van der Waals surface area contributed by atoms with Gasteiger partial charge in [0.15, 0.2) is 0 Å². The minimum absolute atomic E-state index is 0.0346. The maximum absolute atomic E-state index is 14.2. The van der Waals surface area contributed by atoms with Crippen molar-refractivity contribution in [3.8, 4) is 0 Å². The van der Waals surface area contributed by atoms with Crippen LogP contribution in [0, 0.1) is 6.92 Å². The molecule has 7 nitrogen and oxygen atoms in total. The summed E-state index contributed by atoms with van der Waals surface area (Å²) in [4.78, 5) is 42.3. The van der Waals surface area contributed by atoms with E-state index in [-0.39, 0.29) is 17.4 Å². The summed E-state index contributed by atoms with van der Waals surface area (Å²) >= 11 is 0.